The van der Waals surface area contributed by atoms with Crippen molar-refractivity contribution in [2.75, 3.05) is 0 Å². The van der Waals surface area contributed by atoms with E-state index in [4.69, 9.17) is 18.0 Å². The van der Waals surface area contributed by atoms with Gasteiger partial charge < -0.3 is 0 Å². The van der Waals surface area contributed by atoms with E-state index in [1.54, 1.807) is 6.92 Å². The molecule has 0 amide bonds. The molecule has 0 bridgehead atoms. The van der Waals surface area contributed by atoms with E-state index in [9.17, 15) is 18.5 Å². The third-order valence-corrected chi connectivity index (χ3v) is 4.60. The zero-order chi connectivity index (χ0) is 15.3. The summed E-state index contributed by atoms with van der Waals surface area (Å²) in [5, 5.41) is 10.4. The molecule has 0 saturated carbocycles. The highest BCUT2D eigenvalue weighted by molar-refractivity contribution is 7.89. The molecule has 6 nitrogen and oxygen atoms in total. The Bertz CT molecular complexity index is 652. The summed E-state index contributed by atoms with van der Waals surface area (Å²) in [4.78, 5) is 9.73. The van der Waals surface area contributed by atoms with Gasteiger partial charge in [-0.2, -0.15) is 0 Å². The topological polar surface area (TPSA) is 89.3 Å². The van der Waals surface area contributed by atoms with Crippen LogP contribution in [0.5, 0.6) is 0 Å². The number of benzene rings is 1. The van der Waals surface area contributed by atoms with Crippen LogP contribution in [0.15, 0.2) is 23.1 Å². The smallest absolute Gasteiger partial charge is 0.258 e. The Morgan fingerprint density at radius 3 is 2.65 bits per heavy atom. The van der Waals surface area contributed by atoms with Gasteiger partial charge in [-0.05, 0) is 12.5 Å². The first-order valence-electron chi connectivity index (χ1n) is 5.71. The molecule has 8 heteroatoms. The summed E-state index contributed by atoms with van der Waals surface area (Å²) in [6.45, 7) is 1.79. The highest BCUT2D eigenvalue weighted by Crippen LogP contribution is 2.26. The minimum Gasteiger partial charge on any atom is -0.258 e. The molecule has 1 atom stereocenters. The van der Waals surface area contributed by atoms with Gasteiger partial charge in [-0.25, -0.2) is 13.1 Å². The molecule has 20 heavy (non-hydrogen) atoms. The molecule has 1 unspecified atom stereocenters. The number of sulfonamides is 1. The summed E-state index contributed by atoms with van der Waals surface area (Å²) in [7, 11) is -3.87. The van der Waals surface area contributed by atoms with Crippen molar-refractivity contribution in [3.63, 3.8) is 0 Å². The second-order valence-corrected chi connectivity index (χ2v) is 6.10. The normalized spacial score (nSPS) is 12.7. The number of hydrogen-bond donors (Lipinski definition) is 1. The van der Waals surface area contributed by atoms with Gasteiger partial charge in [0, 0.05) is 24.6 Å². The Balaban J connectivity index is 3.10. The van der Waals surface area contributed by atoms with Crippen LogP contribution in [-0.2, 0) is 10.0 Å². The monoisotopic (exact) mass is 316 g/mol. The van der Waals surface area contributed by atoms with E-state index in [0.717, 1.165) is 18.2 Å². The molecule has 0 radical (unpaired) electrons. The van der Waals surface area contributed by atoms with Gasteiger partial charge in [-0.1, -0.05) is 18.5 Å². The molecular formula is C12H13ClN2O4S. The predicted molar refractivity (Wildman–Crippen MR) is 76.0 cm³/mol. The maximum absolute atomic E-state index is 12.1. The van der Waals surface area contributed by atoms with Gasteiger partial charge in [-0.15, -0.1) is 12.3 Å². The Kier molecular flexibility index (Phi) is 5.51. The fourth-order valence-corrected chi connectivity index (χ4v) is 3.37. The fraction of sp³-hybridized carbons (Fsp3) is 0.333. The largest absolute Gasteiger partial charge is 0.271 e. The van der Waals surface area contributed by atoms with Crippen molar-refractivity contribution in [1.29, 1.82) is 0 Å². The summed E-state index contributed by atoms with van der Waals surface area (Å²) in [5.74, 6) is 2.38. The Morgan fingerprint density at radius 1 is 1.55 bits per heavy atom. The van der Waals surface area contributed by atoms with E-state index >= 15 is 0 Å². The predicted octanol–water partition coefficient (Wildman–Crippen LogP) is 2.33. The van der Waals surface area contributed by atoms with Crippen LogP contribution in [0.3, 0.4) is 0 Å². The molecule has 0 spiro atoms. The van der Waals surface area contributed by atoms with Crippen molar-refractivity contribution < 1.29 is 13.3 Å². The van der Waals surface area contributed by atoms with Gasteiger partial charge in [0.15, 0.2) is 0 Å². The second kappa shape index (κ2) is 6.70. The minimum atomic E-state index is -3.87. The Labute approximate surface area is 122 Å². The molecule has 0 heterocycles. The molecule has 0 aliphatic carbocycles. The maximum atomic E-state index is 12.1. The summed E-state index contributed by atoms with van der Waals surface area (Å²) >= 11 is 5.80. The number of hydrogen-bond acceptors (Lipinski definition) is 4. The van der Waals surface area contributed by atoms with Crippen LogP contribution < -0.4 is 4.72 Å². The first-order chi connectivity index (χ1) is 9.31. The van der Waals surface area contributed by atoms with Gasteiger partial charge in [0.25, 0.3) is 5.69 Å². The third kappa shape index (κ3) is 3.93. The van der Waals surface area contributed by atoms with E-state index in [1.165, 1.54) is 0 Å². The van der Waals surface area contributed by atoms with Gasteiger partial charge in [0.1, 0.15) is 4.90 Å². The molecule has 0 aliphatic rings. The van der Waals surface area contributed by atoms with Gasteiger partial charge in [0.2, 0.25) is 10.0 Å². The van der Waals surface area contributed by atoms with Crippen LogP contribution in [0.1, 0.15) is 19.8 Å². The van der Waals surface area contributed by atoms with Crippen LogP contribution in [-0.4, -0.2) is 19.4 Å². The summed E-state index contributed by atoms with van der Waals surface area (Å²) in [5.41, 5.74) is -0.274. The average molecular weight is 317 g/mol. The zero-order valence-corrected chi connectivity index (χ0v) is 12.2. The summed E-state index contributed by atoms with van der Waals surface area (Å²) in [6.07, 6.45) is 5.93. The van der Waals surface area contributed by atoms with Crippen molar-refractivity contribution in [3.05, 3.63) is 33.3 Å². The summed E-state index contributed by atoms with van der Waals surface area (Å²) < 4.78 is 26.7. The number of nitrogens with one attached hydrogen (secondary N) is 1. The highest BCUT2D eigenvalue weighted by atomic mass is 35.5. The number of nitro benzene ring substituents is 1. The van der Waals surface area contributed by atoms with Crippen molar-refractivity contribution in [2.24, 2.45) is 0 Å². The lowest BCUT2D eigenvalue weighted by Crippen LogP contribution is -2.34. The standard InChI is InChI=1S/C12H13ClN2O4S/c1-3-5-9(4-2)14-20(18,19)12-7-6-10(15(16)17)8-11(12)13/h1,6-9,14H,4-5H2,2H3. The lowest BCUT2D eigenvalue weighted by atomic mass is 10.2. The number of non-ortho nitro benzene ring substituents is 1. The number of nitrogens with zero attached hydrogens (tertiary/aromatic N) is 1. The van der Waals surface area contributed by atoms with Gasteiger partial charge in [-0.3, -0.25) is 10.1 Å². The highest BCUT2D eigenvalue weighted by Gasteiger charge is 2.23. The number of halogens is 1. The lowest BCUT2D eigenvalue weighted by Gasteiger charge is -2.15. The molecule has 0 saturated heterocycles. The second-order valence-electron chi connectivity index (χ2n) is 4.01. The van der Waals surface area contributed by atoms with E-state index in [-0.39, 0.29) is 22.0 Å². The molecule has 1 aromatic rings. The van der Waals surface area contributed by atoms with Crippen LogP contribution >= 0.6 is 11.6 Å². The van der Waals surface area contributed by atoms with Crippen molar-refractivity contribution in [1.82, 2.24) is 4.72 Å². The fourth-order valence-electron chi connectivity index (χ4n) is 1.52. The zero-order valence-electron chi connectivity index (χ0n) is 10.7. The van der Waals surface area contributed by atoms with Crippen LogP contribution in [0.2, 0.25) is 5.02 Å². The molecule has 0 aromatic heterocycles. The lowest BCUT2D eigenvalue weighted by molar-refractivity contribution is -0.384. The minimum absolute atomic E-state index is 0.206. The summed E-state index contributed by atoms with van der Waals surface area (Å²) in [6, 6.07) is 2.78. The van der Waals surface area contributed by atoms with Crippen molar-refractivity contribution >= 4 is 27.3 Å². The number of nitro groups is 1. The molecule has 0 aliphatic heterocycles. The number of terminal acetylenes is 1. The van der Waals surface area contributed by atoms with Crippen molar-refractivity contribution in [2.45, 2.75) is 30.7 Å². The first-order valence-corrected chi connectivity index (χ1v) is 7.57. The number of rotatable bonds is 6. The first kappa shape index (κ1) is 16.4. The van der Waals surface area contributed by atoms with Crippen LogP contribution in [0.4, 0.5) is 5.69 Å². The van der Waals surface area contributed by atoms with Crippen LogP contribution in [0, 0.1) is 22.5 Å². The van der Waals surface area contributed by atoms with E-state index in [1.807, 2.05) is 0 Å². The third-order valence-electron chi connectivity index (χ3n) is 2.59. The average Bonchev–Trinajstić information content (AvgIpc) is 2.37. The Morgan fingerprint density at radius 2 is 2.20 bits per heavy atom. The van der Waals surface area contributed by atoms with Crippen LogP contribution in [0.25, 0.3) is 0 Å². The molecular weight excluding hydrogens is 304 g/mol. The maximum Gasteiger partial charge on any atom is 0.271 e. The molecule has 1 aromatic carbocycles. The van der Waals surface area contributed by atoms with Gasteiger partial charge >= 0.3 is 0 Å². The van der Waals surface area contributed by atoms with Crippen molar-refractivity contribution in [3.8, 4) is 12.3 Å². The van der Waals surface area contributed by atoms with E-state index < -0.39 is 21.0 Å². The van der Waals surface area contributed by atoms with Gasteiger partial charge in [0.05, 0.1) is 9.95 Å². The quantitative estimate of drug-likeness (QED) is 0.495. The molecule has 1 rings (SSSR count). The molecule has 108 valence electrons. The molecule has 0 fully saturated rings. The van der Waals surface area contributed by atoms with E-state index in [2.05, 4.69) is 10.6 Å². The Hall–Kier alpha value is -1.62. The SMILES string of the molecule is C#CCC(CC)NS(=O)(=O)c1ccc([N+](=O)[O-])cc1Cl. The molecule has 1 N–H and O–H groups in total. The van der Waals surface area contributed by atoms with E-state index in [0.29, 0.717) is 6.42 Å².